The van der Waals surface area contributed by atoms with E-state index in [-0.39, 0.29) is 12.1 Å². The Morgan fingerprint density at radius 1 is 0.824 bits per heavy atom. The van der Waals surface area contributed by atoms with Crippen LogP contribution in [0, 0.1) is 17.5 Å². The van der Waals surface area contributed by atoms with E-state index in [1.165, 1.54) is 6.07 Å². The fourth-order valence-corrected chi connectivity index (χ4v) is 1.46. The van der Waals surface area contributed by atoms with Crippen molar-refractivity contribution < 1.29 is 13.2 Å². The third kappa shape index (κ3) is 2.58. The summed E-state index contributed by atoms with van der Waals surface area (Å²) in [7, 11) is 0. The average molecular weight is 237 g/mol. The molecule has 1 N–H and O–H groups in total. The molecule has 0 aliphatic heterocycles. The Labute approximate surface area is 96.9 Å². The van der Waals surface area contributed by atoms with Gasteiger partial charge in [0.25, 0.3) is 0 Å². The molecule has 0 saturated heterocycles. The fraction of sp³-hybridized carbons (Fsp3) is 0.0769. The molecule has 0 saturated carbocycles. The first-order valence-corrected chi connectivity index (χ1v) is 5.10. The van der Waals surface area contributed by atoms with E-state index in [0.717, 1.165) is 11.8 Å². The van der Waals surface area contributed by atoms with Gasteiger partial charge in [0.15, 0.2) is 17.5 Å². The van der Waals surface area contributed by atoms with Crippen molar-refractivity contribution in [2.75, 3.05) is 5.32 Å². The zero-order chi connectivity index (χ0) is 12.3. The maximum atomic E-state index is 13.3. The summed E-state index contributed by atoms with van der Waals surface area (Å²) in [6.07, 6.45) is 0. The van der Waals surface area contributed by atoms with Crippen molar-refractivity contribution in [2.24, 2.45) is 0 Å². The topological polar surface area (TPSA) is 12.0 Å². The maximum Gasteiger partial charge on any atom is 0.194 e. The summed E-state index contributed by atoms with van der Waals surface area (Å²) >= 11 is 0. The first kappa shape index (κ1) is 11.5. The molecule has 0 amide bonds. The van der Waals surface area contributed by atoms with E-state index in [9.17, 15) is 13.2 Å². The summed E-state index contributed by atoms with van der Waals surface area (Å²) in [4.78, 5) is 0. The molecule has 0 fully saturated rings. The summed E-state index contributed by atoms with van der Waals surface area (Å²) in [6.45, 7) is 0.104. The quantitative estimate of drug-likeness (QED) is 0.802. The van der Waals surface area contributed by atoms with Crippen molar-refractivity contribution in [1.82, 2.24) is 0 Å². The third-order valence-corrected chi connectivity index (χ3v) is 2.37. The van der Waals surface area contributed by atoms with Crippen LogP contribution in [-0.2, 0) is 6.54 Å². The number of para-hydroxylation sites is 1. The molecular formula is C13H10F3N. The Balaban J connectivity index is 2.13. The number of benzene rings is 2. The molecule has 17 heavy (non-hydrogen) atoms. The predicted molar refractivity (Wildman–Crippen MR) is 60.1 cm³/mol. The molecule has 2 rings (SSSR count). The monoisotopic (exact) mass is 237 g/mol. The van der Waals surface area contributed by atoms with Gasteiger partial charge in [-0.2, -0.15) is 0 Å². The molecule has 4 heteroatoms. The van der Waals surface area contributed by atoms with Crippen molar-refractivity contribution >= 4 is 5.69 Å². The molecule has 0 aliphatic carbocycles. The number of nitrogens with one attached hydrogen (secondary N) is 1. The van der Waals surface area contributed by atoms with Gasteiger partial charge in [-0.15, -0.1) is 0 Å². The number of rotatable bonds is 3. The lowest BCUT2D eigenvalue weighted by Gasteiger charge is -2.07. The first-order chi connectivity index (χ1) is 8.18. The van der Waals surface area contributed by atoms with Gasteiger partial charge in [-0.25, -0.2) is 13.2 Å². The zero-order valence-corrected chi connectivity index (χ0v) is 8.88. The Morgan fingerprint density at radius 2 is 1.53 bits per heavy atom. The highest BCUT2D eigenvalue weighted by molar-refractivity contribution is 5.43. The minimum Gasteiger partial charge on any atom is -0.381 e. The van der Waals surface area contributed by atoms with Crippen LogP contribution in [0.25, 0.3) is 0 Å². The minimum absolute atomic E-state index is 0.0905. The van der Waals surface area contributed by atoms with Crippen LogP contribution in [0.4, 0.5) is 18.9 Å². The molecule has 0 bridgehead atoms. The highest BCUT2D eigenvalue weighted by Gasteiger charge is 2.12. The van der Waals surface area contributed by atoms with Gasteiger partial charge in [0.1, 0.15) is 0 Å². The first-order valence-electron chi connectivity index (χ1n) is 5.10. The summed E-state index contributed by atoms with van der Waals surface area (Å²) in [5, 5.41) is 2.92. The van der Waals surface area contributed by atoms with Crippen LogP contribution in [-0.4, -0.2) is 0 Å². The summed E-state index contributed by atoms with van der Waals surface area (Å²) < 4.78 is 38.9. The highest BCUT2D eigenvalue weighted by Crippen LogP contribution is 2.16. The Kier molecular flexibility index (Phi) is 3.32. The number of anilines is 1. The summed E-state index contributed by atoms with van der Waals surface area (Å²) in [6, 6.07) is 11.2. The lowest BCUT2D eigenvalue weighted by atomic mass is 10.2. The maximum absolute atomic E-state index is 13.3. The molecule has 0 heterocycles. The molecule has 1 nitrogen and oxygen atoms in total. The van der Waals surface area contributed by atoms with Crippen LogP contribution in [0.15, 0.2) is 42.5 Å². The van der Waals surface area contributed by atoms with Crippen LogP contribution in [0.5, 0.6) is 0 Å². The van der Waals surface area contributed by atoms with Crippen LogP contribution in [0.1, 0.15) is 5.56 Å². The molecule has 0 aromatic heterocycles. The van der Waals surface area contributed by atoms with E-state index in [0.29, 0.717) is 0 Å². The lowest BCUT2D eigenvalue weighted by Crippen LogP contribution is -2.04. The number of halogens is 3. The van der Waals surface area contributed by atoms with E-state index in [1.807, 2.05) is 18.2 Å². The van der Waals surface area contributed by atoms with Crippen LogP contribution in [0.3, 0.4) is 0 Å². The molecule has 0 unspecified atom stereocenters. The SMILES string of the molecule is Fc1ccc(CNc2ccccc2)c(F)c1F. The molecule has 2 aromatic rings. The highest BCUT2D eigenvalue weighted by atomic mass is 19.2. The summed E-state index contributed by atoms with van der Waals surface area (Å²) in [5.74, 6) is -3.75. The molecular weight excluding hydrogens is 227 g/mol. The van der Waals surface area contributed by atoms with Crippen molar-refractivity contribution in [1.29, 1.82) is 0 Å². The minimum atomic E-state index is -1.43. The Bertz CT molecular complexity index is 512. The standard InChI is InChI=1S/C13H10F3N/c14-11-7-6-9(12(15)13(11)16)8-17-10-4-2-1-3-5-10/h1-7,17H,8H2. The fourth-order valence-electron chi connectivity index (χ4n) is 1.46. The molecule has 88 valence electrons. The van der Waals surface area contributed by atoms with Gasteiger partial charge in [0.2, 0.25) is 0 Å². The molecule has 0 atom stereocenters. The van der Waals surface area contributed by atoms with Gasteiger partial charge >= 0.3 is 0 Å². The molecule has 2 aromatic carbocycles. The van der Waals surface area contributed by atoms with Gasteiger partial charge in [0, 0.05) is 17.8 Å². The number of hydrogen-bond acceptors (Lipinski definition) is 1. The normalized spacial score (nSPS) is 10.3. The predicted octanol–water partition coefficient (Wildman–Crippen LogP) is 3.72. The van der Waals surface area contributed by atoms with E-state index in [4.69, 9.17) is 0 Å². The van der Waals surface area contributed by atoms with Gasteiger partial charge in [-0.3, -0.25) is 0 Å². The van der Waals surface area contributed by atoms with Gasteiger partial charge in [-0.1, -0.05) is 24.3 Å². The van der Waals surface area contributed by atoms with Crippen molar-refractivity contribution in [3.05, 3.63) is 65.5 Å². The smallest absolute Gasteiger partial charge is 0.194 e. The molecule has 0 radical (unpaired) electrons. The van der Waals surface area contributed by atoms with E-state index in [2.05, 4.69) is 5.32 Å². The van der Waals surface area contributed by atoms with E-state index >= 15 is 0 Å². The van der Waals surface area contributed by atoms with E-state index < -0.39 is 17.5 Å². The van der Waals surface area contributed by atoms with Crippen molar-refractivity contribution in [3.8, 4) is 0 Å². The second-order valence-electron chi connectivity index (χ2n) is 3.55. The van der Waals surface area contributed by atoms with Crippen LogP contribution < -0.4 is 5.32 Å². The van der Waals surface area contributed by atoms with Gasteiger partial charge in [-0.05, 0) is 18.2 Å². The summed E-state index contributed by atoms with van der Waals surface area (Å²) in [5.41, 5.74) is 0.879. The zero-order valence-electron chi connectivity index (χ0n) is 8.88. The Hall–Kier alpha value is -1.97. The largest absolute Gasteiger partial charge is 0.381 e. The van der Waals surface area contributed by atoms with Crippen LogP contribution >= 0.6 is 0 Å². The number of hydrogen-bond donors (Lipinski definition) is 1. The van der Waals surface area contributed by atoms with Crippen LogP contribution in [0.2, 0.25) is 0 Å². The van der Waals surface area contributed by atoms with E-state index in [1.54, 1.807) is 12.1 Å². The lowest BCUT2D eigenvalue weighted by molar-refractivity contribution is 0.442. The van der Waals surface area contributed by atoms with Crippen molar-refractivity contribution in [3.63, 3.8) is 0 Å². The molecule has 0 spiro atoms. The molecule has 0 aliphatic rings. The van der Waals surface area contributed by atoms with Gasteiger partial charge < -0.3 is 5.32 Å². The van der Waals surface area contributed by atoms with Crippen molar-refractivity contribution in [2.45, 2.75) is 6.54 Å². The Morgan fingerprint density at radius 3 is 2.24 bits per heavy atom. The second kappa shape index (κ2) is 4.91. The second-order valence-corrected chi connectivity index (χ2v) is 3.55. The third-order valence-electron chi connectivity index (χ3n) is 2.37. The van der Waals surface area contributed by atoms with Gasteiger partial charge in [0.05, 0.1) is 0 Å². The average Bonchev–Trinajstić information content (AvgIpc) is 2.36.